The largest absolute Gasteiger partial charge is 0.497 e. The molecule has 1 amide bonds. The standard InChI is InChI=1S/C25H24N6O4/c1-14-22-18(17-9-6-10-20(34-3)23(17)35-4)12-21(32)28-24(22)31(30-14)25-27-19(13-26-29-25)15-7-5-8-16(11-15)33-2/h5-11,13,18H,12H2,1-4H3,(H,28,32). The van der Waals surface area contributed by atoms with Gasteiger partial charge >= 0.3 is 0 Å². The van der Waals surface area contributed by atoms with E-state index in [0.29, 0.717) is 28.8 Å². The molecule has 1 N–H and O–H groups in total. The fraction of sp³-hybridized carbons (Fsp3) is 0.240. The van der Waals surface area contributed by atoms with Gasteiger partial charge in [-0.25, -0.2) is 4.98 Å². The van der Waals surface area contributed by atoms with Crippen molar-refractivity contribution in [2.24, 2.45) is 0 Å². The van der Waals surface area contributed by atoms with Crippen molar-refractivity contribution in [2.45, 2.75) is 19.3 Å². The van der Waals surface area contributed by atoms with Gasteiger partial charge in [-0.3, -0.25) is 4.79 Å². The SMILES string of the molecule is COc1cccc(-c2cnnc(-n3nc(C)c4c3NC(=O)CC4c3cccc(OC)c3OC)n2)c1. The number of aromatic nitrogens is 5. The van der Waals surface area contributed by atoms with Crippen LogP contribution in [0.2, 0.25) is 0 Å². The topological polar surface area (TPSA) is 113 Å². The monoisotopic (exact) mass is 472 g/mol. The molecule has 1 aliphatic heterocycles. The first-order valence-electron chi connectivity index (χ1n) is 11.0. The fourth-order valence-corrected chi connectivity index (χ4v) is 4.45. The summed E-state index contributed by atoms with van der Waals surface area (Å²) in [6.45, 7) is 1.89. The van der Waals surface area contributed by atoms with E-state index in [1.807, 2.05) is 49.4 Å². The van der Waals surface area contributed by atoms with E-state index in [1.165, 1.54) is 4.68 Å². The highest BCUT2D eigenvalue weighted by molar-refractivity contribution is 5.95. The van der Waals surface area contributed by atoms with Gasteiger partial charge in [0.15, 0.2) is 11.5 Å². The number of benzene rings is 2. The molecule has 0 radical (unpaired) electrons. The summed E-state index contributed by atoms with van der Waals surface area (Å²) in [5, 5.41) is 16.0. The second kappa shape index (κ2) is 9.05. The average molecular weight is 473 g/mol. The lowest BCUT2D eigenvalue weighted by atomic mass is 9.85. The van der Waals surface area contributed by atoms with Gasteiger partial charge in [-0.05, 0) is 25.1 Å². The van der Waals surface area contributed by atoms with Gasteiger partial charge in [0.1, 0.15) is 11.6 Å². The Labute approximate surface area is 201 Å². The number of rotatable bonds is 6. The molecule has 178 valence electrons. The van der Waals surface area contributed by atoms with Crippen molar-refractivity contribution in [3.05, 3.63) is 65.5 Å². The van der Waals surface area contributed by atoms with Gasteiger partial charge in [0, 0.05) is 29.0 Å². The smallest absolute Gasteiger partial charge is 0.272 e. The van der Waals surface area contributed by atoms with Crippen molar-refractivity contribution in [1.82, 2.24) is 25.0 Å². The summed E-state index contributed by atoms with van der Waals surface area (Å²) in [6.07, 6.45) is 1.82. The third kappa shape index (κ3) is 3.92. The fourth-order valence-electron chi connectivity index (χ4n) is 4.45. The average Bonchev–Trinajstić information content (AvgIpc) is 3.23. The molecular formula is C25H24N6O4. The Morgan fingerprint density at radius 2 is 1.89 bits per heavy atom. The van der Waals surface area contributed by atoms with Gasteiger partial charge < -0.3 is 19.5 Å². The molecule has 3 heterocycles. The number of nitrogens with one attached hydrogen (secondary N) is 1. The molecular weight excluding hydrogens is 448 g/mol. The molecule has 0 aliphatic carbocycles. The summed E-state index contributed by atoms with van der Waals surface area (Å²) in [7, 11) is 4.78. The number of carbonyl (C=O) groups excluding carboxylic acids is 1. The van der Waals surface area contributed by atoms with Crippen molar-refractivity contribution in [3.63, 3.8) is 0 Å². The minimum atomic E-state index is -0.285. The van der Waals surface area contributed by atoms with Gasteiger partial charge in [0.05, 0.1) is 38.9 Å². The number of carbonyl (C=O) groups is 1. The third-order valence-electron chi connectivity index (χ3n) is 6.01. The van der Waals surface area contributed by atoms with E-state index >= 15 is 0 Å². The maximum Gasteiger partial charge on any atom is 0.272 e. The summed E-state index contributed by atoms with van der Waals surface area (Å²) in [6, 6.07) is 13.2. The molecule has 0 fully saturated rings. The first-order chi connectivity index (χ1) is 17.0. The lowest BCUT2D eigenvalue weighted by Crippen LogP contribution is -2.25. The minimum Gasteiger partial charge on any atom is -0.497 e. The van der Waals surface area contributed by atoms with Gasteiger partial charge in [-0.1, -0.05) is 24.3 Å². The van der Waals surface area contributed by atoms with Crippen LogP contribution in [0.15, 0.2) is 48.7 Å². The van der Waals surface area contributed by atoms with Crippen LogP contribution in [0.1, 0.15) is 29.2 Å². The zero-order valence-corrected chi connectivity index (χ0v) is 19.8. The van der Waals surface area contributed by atoms with Gasteiger partial charge in [-0.2, -0.15) is 14.9 Å². The molecule has 0 bridgehead atoms. The normalized spacial score (nSPS) is 14.7. The van der Waals surface area contributed by atoms with Crippen LogP contribution < -0.4 is 19.5 Å². The molecule has 0 spiro atoms. The maximum absolute atomic E-state index is 12.8. The van der Waals surface area contributed by atoms with E-state index in [-0.39, 0.29) is 24.2 Å². The van der Waals surface area contributed by atoms with Crippen LogP contribution in [0, 0.1) is 6.92 Å². The predicted molar refractivity (Wildman–Crippen MR) is 128 cm³/mol. The van der Waals surface area contributed by atoms with Gasteiger partial charge in [-0.15, -0.1) is 5.10 Å². The Kier molecular flexibility index (Phi) is 5.77. The highest BCUT2D eigenvalue weighted by Crippen LogP contribution is 2.45. The Bertz CT molecular complexity index is 1420. The summed E-state index contributed by atoms with van der Waals surface area (Å²) in [4.78, 5) is 17.5. The van der Waals surface area contributed by atoms with Crippen LogP contribution in [-0.2, 0) is 4.79 Å². The van der Waals surface area contributed by atoms with E-state index in [9.17, 15) is 4.79 Å². The maximum atomic E-state index is 12.8. The molecule has 1 unspecified atom stereocenters. The van der Waals surface area contributed by atoms with Crippen LogP contribution in [0.5, 0.6) is 17.2 Å². The van der Waals surface area contributed by atoms with Crippen LogP contribution in [-0.4, -0.2) is 52.2 Å². The summed E-state index contributed by atoms with van der Waals surface area (Å²) in [5.41, 5.74) is 3.87. The number of para-hydroxylation sites is 1. The van der Waals surface area contributed by atoms with Crippen LogP contribution >= 0.6 is 0 Å². The molecule has 2 aromatic carbocycles. The summed E-state index contributed by atoms with van der Waals surface area (Å²) < 4.78 is 18.0. The Hall–Kier alpha value is -4.47. The predicted octanol–water partition coefficient (Wildman–Crippen LogP) is 3.53. The van der Waals surface area contributed by atoms with Crippen molar-refractivity contribution in [2.75, 3.05) is 26.6 Å². The Balaban J connectivity index is 1.63. The first-order valence-corrected chi connectivity index (χ1v) is 11.0. The molecule has 10 nitrogen and oxygen atoms in total. The van der Waals surface area contributed by atoms with Gasteiger partial charge in [0.25, 0.3) is 5.95 Å². The zero-order chi connectivity index (χ0) is 24.5. The molecule has 35 heavy (non-hydrogen) atoms. The van der Waals surface area contributed by atoms with E-state index < -0.39 is 0 Å². The first kappa shape index (κ1) is 22.3. The number of aryl methyl sites for hydroxylation is 1. The molecule has 0 saturated heterocycles. The van der Waals surface area contributed by atoms with Crippen molar-refractivity contribution in [3.8, 4) is 34.5 Å². The molecule has 4 aromatic rings. The van der Waals surface area contributed by atoms with E-state index in [0.717, 1.165) is 22.4 Å². The van der Waals surface area contributed by atoms with Crippen LogP contribution in [0.25, 0.3) is 17.2 Å². The van der Waals surface area contributed by atoms with Crippen LogP contribution in [0.4, 0.5) is 5.82 Å². The number of methoxy groups -OCH3 is 3. The molecule has 1 atom stereocenters. The second-order valence-electron chi connectivity index (χ2n) is 8.02. The molecule has 5 rings (SSSR count). The van der Waals surface area contributed by atoms with Crippen LogP contribution in [0.3, 0.4) is 0 Å². The number of nitrogens with zero attached hydrogens (tertiary/aromatic N) is 5. The van der Waals surface area contributed by atoms with E-state index in [1.54, 1.807) is 27.5 Å². The number of hydrogen-bond acceptors (Lipinski definition) is 8. The number of fused-ring (bicyclic) bond motifs is 1. The summed E-state index contributed by atoms with van der Waals surface area (Å²) in [5.74, 6) is 2.22. The Morgan fingerprint density at radius 3 is 2.66 bits per heavy atom. The molecule has 1 aliphatic rings. The lowest BCUT2D eigenvalue weighted by molar-refractivity contribution is -0.116. The van der Waals surface area contributed by atoms with E-state index in [2.05, 4.69) is 25.6 Å². The van der Waals surface area contributed by atoms with Crippen molar-refractivity contribution in [1.29, 1.82) is 0 Å². The minimum absolute atomic E-state index is 0.148. The molecule has 0 saturated carbocycles. The zero-order valence-electron chi connectivity index (χ0n) is 19.8. The number of anilines is 1. The molecule has 10 heteroatoms. The highest BCUT2D eigenvalue weighted by atomic mass is 16.5. The number of ether oxygens (including phenoxy) is 3. The highest BCUT2D eigenvalue weighted by Gasteiger charge is 2.35. The Morgan fingerprint density at radius 1 is 1.06 bits per heavy atom. The van der Waals surface area contributed by atoms with Crippen molar-refractivity contribution < 1.29 is 19.0 Å². The number of amides is 1. The quantitative estimate of drug-likeness (QED) is 0.453. The third-order valence-corrected chi connectivity index (χ3v) is 6.01. The second-order valence-corrected chi connectivity index (χ2v) is 8.02. The van der Waals surface area contributed by atoms with E-state index in [4.69, 9.17) is 14.2 Å². The number of hydrogen-bond donors (Lipinski definition) is 1. The summed E-state index contributed by atoms with van der Waals surface area (Å²) >= 11 is 0. The molecule has 2 aromatic heterocycles. The van der Waals surface area contributed by atoms with Crippen molar-refractivity contribution >= 4 is 11.7 Å². The van der Waals surface area contributed by atoms with Gasteiger partial charge in [0.2, 0.25) is 5.91 Å². The lowest BCUT2D eigenvalue weighted by Gasteiger charge is -2.26.